The van der Waals surface area contributed by atoms with Crippen LogP contribution >= 0.6 is 23.2 Å². The zero-order valence-electron chi connectivity index (χ0n) is 13.8. The van der Waals surface area contributed by atoms with E-state index in [0.717, 1.165) is 35.1 Å². The Labute approximate surface area is 155 Å². The van der Waals surface area contributed by atoms with Crippen LogP contribution in [0.3, 0.4) is 0 Å². The molecule has 0 radical (unpaired) electrons. The molecule has 2 heterocycles. The second kappa shape index (κ2) is 6.24. The van der Waals surface area contributed by atoms with Gasteiger partial charge in [0.1, 0.15) is 11.6 Å². The Bertz CT molecular complexity index is 954. The lowest BCUT2D eigenvalue weighted by Gasteiger charge is -2.14. The van der Waals surface area contributed by atoms with Crippen LogP contribution < -0.4 is 10.1 Å². The zero-order chi connectivity index (χ0) is 17.6. The second-order valence-corrected chi connectivity index (χ2v) is 6.80. The molecule has 0 amide bonds. The van der Waals surface area contributed by atoms with Gasteiger partial charge < -0.3 is 10.1 Å². The minimum atomic E-state index is 0.168. The molecule has 3 aromatic rings. The van der Waals surface area contributed by atoms with Crippen molar-refractivity contribution >= 4 is 28.9 Å². The summed E-state index contributed by atoms with van der Waals surface area (Å²) in [7, 11) is 1.65. The summed E-state index contributed by atoms with van der Waals surface area (Å²) in [5.41, 5.74) is 2.64. The molecule has 0 saturated carbocycles. The van der Waals surface area contributed by atoms with E-state index in [1.165, 1.54) is 0 Å². The Morgan fingerprint density at radius 2 is 1.92 bits per heavy atom. The maximum Gasteiger partial charge on any atom is 0.172 e. The molecule has 0 aliphatic carbocycles. The molecule has 7 heteroatoms. The minimum Gasteiger partial charge on any atom is -0.496 e. The molecule has 0 fully saturated rings. The summed E-state index contributed by atoms with van der Waals surface area (Å²) in [6, 6.07) is 11.4. The van der Waals surface area contributed by atoms with Crippen LogP contribution in [-0.2, 0) is 0 Å². The molecular weight excluding hydrogens is 359 g/mol. The normalized spacial score (nSPS) is 15.8. The van der Waals surface area contributed by atoms with Gasteiger partial charge in [0.05, 0.1) is 34.1 Å². The molecule has 1 aromatic heterocycles. The van der Waals surface area contributed by atoms with Gasteiger partial charge in [-0.1, -0.05) is 42.3 Å². The summed E-state index contributed by atoms with van der Waals surface area (Å²) in [5.74, 6) is 2.48. The van der Waals surface area contributed by atoms with E-state index in [0.29, 0.717) is 15.9 Å². The minimum absolute atomic E-state index is 0.168. The lowest BCUT2D eigenvalue weighted by atomic mass is 10.1. The number of nitrogens with zero attached hydrogens (tertiary/aromatic N) is 3. The Kier molecular flexibility index (Phi) is 4.06. The van der Waals surface area contributed by atoms with E-state index >= 15 is 0 Å². The highest BCUT2D eigenvalue weighted by molar-refractivity contribution is 6.42. The first-order valence-electron chi connectivity index (χ1n) is 7.92. The number of aromatic nitrogens is 3. The van der Waals surface area contributed by atoms with Gasteiger partial charge in [0.25, 0.3) is 0 Å². The van der Waals surface area contributed by atoms with E-state index in [2.05, 4.69) is 22.4 Å². The molecule has 0 saturated heterocycles. The molecule has 0 bridgehead atoms. The number of fused-ring (bicyclic) bond motifs is 3. The van der Waals surface area contributed by atoms with Crippen molar-refractivity contribution in [3.63, 3.8) is 0 Å². The number of halogens is 2. The number of para-hydroxylation sites is 1. The molecule has 0 unspecified atom stereocenters. The fourth-order valence-electron chi connectivity index (χ4n) is 3.07. The molecule has 4 rings (SSSR count). The van der Waals surface area contributed by atoms with Gasteiger partial charge in [0.2, 0.25) is 0 Å². The lowest BCUT2D eigenvalue weighted by molar-refractivity contribution is 0.416. The van der Waals surface area contributed by atoms with Crippen molar-refractivity contribution < 1.29 is 4.74 Å². The average molecular weight is 375 g/mol. The van der Waals surface area contributed by atoms with Crippen molar-refractivity contribution in [2.24, 2.45) is 0 Å². The van der Waals surface area contributed by atoms with E-state index in [4.69, 9.17) is 27.9 Å². The number of anilines is 1. The van der Waals surface area contributed by atoms with Crippen LogP contribution in [0.15, 0.2) is 36.4 Å². The van der Waals surface area contributed by atoms with Gasteiger partial charge in [0.15, 0.2) is 5.82 Å². The highest BCUT2D eigenvalue weighted by Gasteiger charge is 2.26. The first kappa shape index (κ1) is 16.2. The molecule has 128 valence electrons. The molecule has 25 heavy (non-hydrogen) atoms. The maximum absolute atomic E-state index is 6.29. The van der Waals surface area contributed by atoms with Crippen LogP contribution in [0, 0.1) is 0 Å². The van der Waals surface area contributed by atoms with Gasteiger partial charge in [-0.3, -0.25) is 4.57 Å². The van der Waals surface area contributed by atoms with E-state index in [1.54, 1.807) is 7.11 Å². The zero-order valence-corrected chi connectivity index (χ0v) is 15.3. The Morgan fingerprint density at radius 1 is 1.16 bits per heavy atom. The van der Waals surface area contributed by atoms with Gasteiger partial charge in [-0.15, -0.1) is 10.2 Å². The predicted molar refractivity (Wildman–Crippen MR) is 100 cm³/mol. The molecule has 1 N–H and O–H groups in total. The van der Waals surface area contributed by atoms with Crippen LogP contribution in [0.25, 0.3) is 17.1 Å². The van der Waals surface area contributed by atoms with Crippen molar-refractivity contribution in [1.82, 2.24) is 14.8 Å². The van der Waals surface area contributed by atoms with Gasteiger partial charge in [-0.25, -0.2) is 0 Å². The van der Waals surface area contributed by atoms with Gasteiger partial charge in [-0.05, 0) is 24.3 Å². The first-order valence-corrected chi connectivity index (χ1v) is 8.67. The summed E-state index contributed by atoms with van der Waals surface area (Å²) in [6.07, 6.45) is 0. The highest BCUT2D eigenvalue weighted by atomic mass is 35.5. The van der Waals surface area contributed by atoms with Crippen LogP contribution in [0.4, 0.5) is 5.69 Å². The lowest BCUT2D eigenvalue weighted by Crippen LogP contribution is -2.09. The Balaban J connectivity index is 2.02. The summed E-state index contributed by atoms with van der Waals surface area (Å²) < 4.78 is 7.53. The standard InChI is InChI=1S/C18H16Cl2N4O/c1-10-9-21-14-7-12(19)13(20)8-15(14)24-17(10)22-23-18(24)11-5-3-4-6-16(11)25-2/h3-8,10,21H,9H2,1-2H3/t10-/m0/s1. The quantitative estimate of drug-likeness (QED) is 0.701. The predicted octanol–water partition coefficient (Wildman–Crippen LogP) is 4.78. The smallest absolute Gasteiger partial charge is 0.172 e. The second-order valence-electron chi connectivity index (χ2n) is 5.98. The maximum atomic E-state index is 6.29. The molecule has 1 atom stereocenters. The van der Waals surface area contributed by atoms with Gasteiger partial charge in [-0.2, -0.15) is 0 Å². The van der Waals surface area contributed by atoms with Crippen molar-refractivity contribution in [1.29, 1.82) is 0 Å². The summed E-state index contributed by atoms with van der Waals surface area (Å²) in [4.78, 5) is 0. The number of hydrogen-bond acceptors (Lipinski definition) is 4. The van der Waals surface area contributed by atoms with Crippen molar-refractivity contribution in [3.05, 3.63) is 52.3 Å². The molecule has 1 aliphatic heterocycles. The van der Waals surface area contributed by atoms with Crippen molar-refractivity contribution in [3.8, 4) is 22.8 Å². The van der Waals surface area contributed by atoms with E-state index < -0.39 is 0 Å². The third kappa shape index (κ3) is 2.64. The van der Waals surface area contributed by atoms with Crippen LogP contribution in [0.5, 0.6) is 5.75 Å². The topological polar surface area (TPSA) is 52.0 Å². The monoisotopic (exact) mass is 374 g/mol. The van der Waals surface area contributed by atoms with Gasteiger partial charge >= 0.3 is 0 Å². The van der Waals surface area contributed by atoms with Crippen molar-refractivity contribution in [2.45, 2.75) is 12.8 Å². The Morgan fingerprint density at radius 3 is 2.72 bits per heavy atom. The highest BCUT2D eigenvalue weighted by Crippen LogP contribution is 2.39. The third-order valence-electron chi connectivity index (χ3n) is 4.35. The average Bonchev–Trinajstić information content (AvgIpc) is 3.01. The molecular formula is C18H16Cl2N4O. The molecule has 0 spiro atoms. The molecule has 5 nitrogen and oxygen atoms in total. The summed E-state index contributed by atoms with van der Waals surface area (Å²) in [5, 5.41) is 13.3. The SMILES string of the molecule is COc1ccccc1-c1nnc2n1-c1cc(Cl)c(Cl)cc1NC[C@@H]2C. The number of methoxy groups -OCH3 is 1. The molecule has 2 aromatic carbocycles. The van der Waals surface area contributed by atoms with Crippen LogP contribution in [0.1, 0.15) is 18.7 Å². The number of rotatable bonds is 2. The third-order valence-corrected chi connectivity index (χ3v) is 5.08. The van der Waals surface area contributed by atoms with E-state index in [-0.39, 0.29) is 5.92 Å². The van der Waals surface area contributed by atoms with E-state index in [1.807, 2.05) is 41.0 Å². The number of ether oxygens (including phenoxy) is 1. The number of benzene rings is 2. The number of hydrogen-bond donors (Lipinski definition) is 1. The Hall–Kier alpha value is -2.24. The summed E-state index contributed by atoms with van der Waals surface area (Å²) >= 11 is 12.5. The fraction of sp³-hybridized carbons (Fsp3) is 0.222. The van der Waals surface area contributed by atoms with Crippen LogP contribution in [0.2, 0.25) is 10.0 Å². The van der Waals surface area contributed by atoms with Gasteiger partial charge in [0, 0.05) is 12.5 Å². The molecule has 1 aliphatic rings. The summed E-state index contributed by atoms with van der Waals surface area (Å²) in [6.45, 7) is 2.84. The fourth-order valence-corrected chi connectivity index (χ4v) is 3.40. The first-order chi connectivity index (χ1) is 12.1. The van der Waals surface area contributed by atoms with E-state index in [9.17, 15) is 0 Å². The number of nitrogens with one attached hydrogen (secondary N) is 1. The van der Waals surface area contributed by atoms with Crippen LogP contribution in [-0.4, -0.2) is 28.4 Å². The largest absolute Gasteiger partial charge is 0.496 e. The van der Waals surface area contributed by atoms with Crippen molar-refractivity contribution in [2.75, 3.05) is 19.0 Å².